The highest BCUT2D eigenvalue weighted by Crippen LogP contribution is 2.36. The minimum absolute atomic E-state index is 0.0220. The summed E-state index contributed by atoms with van der Waals surface area (Å²) in [4.78, 5) is 14.4. The van der Waals surface area contributed by atoms with Crippen LogP contribution >= 0.6 is 0 Å². The van der Waals surface area contributed by atoms with Gasteiger partial charge in [0.2, 0.25) is 0 Å². The topological polar surface area (TPSA) is 56.6 Å². The zero-order valence-corrected chi connectivity index (χ0v) is 16.9. The smallest absolute Gasteiger partial charge is 0.414 e. The van der Waals surface area contributed by atoms with Gasteiger partial charge in [-0.15, -0.1) is 0 Å². The Morgan fingerprint density at radius 3 is 2.83 bits per heavy atom. The summed E-state index contributed by atoms with van der Waals surface area (Å²) in [6.45, 7) is 1.68. The van der Waals surface area contributed by atoms with E-state index in [0.29, 0.717) is 6.54 Å². The Morgan fingerprint density at radius 2 is 2.00 bits per heavy atom. The molecule has 0 spiro atoms. The standard InChI is InChI=1S/C24H25N3O3/c28-24(30-17-18-7-2-1-3-8-18)26-14-12-20-19(9-6-10-22(20)26)21-13-15-27(25-21)23-11-4-5-16-29-23/h1-3,6-10,13,15,23H,4-5,11-12,14,16-17H2. The molecule has 5 rings (SSSR count). The van der Waals surface area contributed by atoms with Gasteiger partial charge in [-0.3, -0.25) is 4.90 Å². The van der Waals surface area contributed by atoms with Gasteiger partial charge >= 0.3 is 6.09 Å². The van der Waals surface area contributed by atoms with Crippen LogP contribution in [0.5, 0.6) is 0 Å². The average molecular weight is 403 g/mol. The fourth-order valence-electron chi connectivity index (χ4n) is 4.24. The summed E-state index contributed by atoms with van der Waals surface area (Å²) >= 11 is 0. The van der Waals surface area contributed by atoms with Crippen LogP contribution in [0.4, 0.5) is 10.5 Å². The van der Waals surface area contributed by atoms with Gasteiger partial charge in [0.1, 0.15) is 12.8 Å². The summed E-state index contributed by atoms with van der Waals surface area (Å²) in [5.41, 5.74) is 5.02. The first kappa shape index (κ1) is 18.9. The van der Waals surface area contributed by atoms with Crippen molar-refractivity contribution in [2.75, 3.05) is 18.1 Å². The SMILES string of the molecule is O=C(OCc1ccccc1)N1CCc2c(-c3ccn(C4CCCCO4)n3)cccc21. The normalized spacial score (nSPS) is 18.3. The van der Waals surface area contributed by atoms with Crippen molar-refractivity contribution in [2.45, 2.75) is 38.5 Å². The largest absolute Gasteiger partial charge is 0.444 e. The highest BCUT2D eigenvalue weighted by Gasteiger charge is 2.28. The number of aromatic nitrogens is 2. The summed E-state index contributed by atoms with van der Waals surface area (Å²) in [6, 6.07) is 17.8. The summed E-state index contributed by atoms with van der Waals surface area (Å²) in [7, 11) is 0. The molecule has 0 saturated carbocycles. The van der Waals surface area contributed by atoms with E-state index in [9.17, 15) is 4.79 Å². The second kappa shape index (κ2) is 8.32. The van der Waals surface area contributed by atoms with Crippen LogP contribution in [0.2, 0.25) is 0 Å². The third-order valence-electron chi connectivity index (χ3n) is 5.79. The van der Waals surface area contributed by atoms with Gasteiger partial charge in [-0.05, 0) is 48.9 Å². The molecule has 1 unspecified atom stereocenters. The van der Waals surface area contributed by atoms with Crippen molar-refractivity contribution in [1.82, 2.24) is 9.78 Å². The molecule has 1 aromatic heterocycles. The van der Waals surface area contributed by atoms with Crippen molar-refractivity contribution in [3.05, 3.63) is 71.9 Å². The molecule has 0 radical (unpaired) electrons. The Balaban J connectivity index is 1.33. The molecule has 2 aliphatic heterocycles. The molecule has 0 N–H and O–H groups in total. The van der Waals surface area contributed by atoms with Crippen molar-refractivity contribution in [2.24, 2.45) is 0 Å². The van der Waals surface area contributed by atoms with Gasteiger partial charge in [-0.25, -0.2) is 9.48 Å². The van der Waals surface area contributed by atoms with Gasteiger partial charge in [-0.2, -0.15) is 5.10 Å². The van der Waals surface area contributed by atoms with Gasteiger partial charge in [0, 0.05) is 24.9 Å². The molecule has 0 aliphatic carbocycles. The van der Waals surface area contributed by atoms with Gasteiger partial charge in [0.15, 0.2) is 0 Å². The number of nitrogens with zero attached hydrogens (tertiary/aromatic N) is 3. The van der Waals surface area contributed by atoms with E-state index in [2.05, 4.69) is 6.07 Å². The van der Waals surface area contributed by atoms with Gasteiger partial charge < -0.3 is 9.47 Å². The Morgan fingerprint density at radius 1 is 1.10 bits per heavy atom. The zero-order chi connectivity index (χ0) is 20.3. The van der Waals surface area contributed by atoms with Gasteiger partial charge in [-0.1, -0.05) is 42.5 Å². The lowest BCUT2D eigenvalue weighted by molar-refractivity contribution is -0.0393. The molecule has 6 heteroatoms. The van der Waals surface area contributed by atoms with Crippen LogP contribution in [0, 0.1) is 0 Å². The fourth-order valence-corrected chi connectivity index (χ4v) is 4.24. The second-order valence-corrected chi connectivity index (χ2v) is 7.75. The lowest BCUT2D eigenvalue weighted by Crippen LogP contribution is -2.29. The molecule has 3 heterocycles. The summed E-state index contributed by atoms with van der Waals surface area (Å²) < 4.78 is 13.3. The first-order chi connectivity index (χ1) is 14.8. The molecule has 1 atom stereocenters. The maximum atomic E-state index is 12.7. The molecule has 2 aromatic carbocycles. The number of fused-ring (bicyclic) bond motifs is 1. The number of rotatable bonds is 4. The monoisotopic (exact) mass is 403 g/mol. The van der Waals surface area contributed by atoms with Crippen molar-refractivity contribution in [3.8, 4) is 11.3 Å². The number of hydrogen-bond donors (Lipinski definition) is 0. The van der Waals surface area contributed by atoms with Crippen molar-refractivity contribution in [1.29, 1.82) is 0 Å². The van der Waals surface area contributed by atoms with E-state index in [4.69, 9.17) is 14.6 Å². The van der Waals surface area contributed by atoms with Crippen LogP contribution in [0.25, 0.3) is 11.3 Å². The average Bonchev–Trinajstić information content (AvgIpc) is 3.46. The summed E-state index contributed by atoms with van der Waals surface area (Å²) in [6.07, 6.45) is 5.78. The minimum atomic E-state index is -0.309. The molecular weight excluding hydrogens is 378 g/mol. The fraction of sp³-hybridized carbons (Fsp3) is 0.333. The van der Waals surface area contributed by atoms with Crippen molar-refractivity contribution < 1.29 is 14.3 Å². The van der Waals surface area contributed by atoms with Gasteiger partial charge in [0.25, 0.3) is 0 Å². The third kappa shape index (κ3) is 3.71. The number of benzene rings is 2. The van der Waals surface area contributed by atoms with E-state index in [1.54, 1.807) is 4.90 Å². The molecule has 1 amide bonds. The number of carbonyl (C=O) groups is 1. The summed E-state index contributed by atoms with van der Waals surface area (Å²) in [5, 5.41) is 4.78. The van der Waals surface area contributed by atoms with E-state index in [0.717, 1.165) is 53.9 Å². The van der Waals surface area contributed by atoms with E-state index in [-0.39, 0.29) is 18.9 Å². The maximum absolute atomic E-state index is 12.7. The first-order valence-electron chi connectivity index (χ1n) is 10.6. The van der Waals surface area contributed by atoms with E-state index >= 15 is 0 Å². The predicted molar refractivity (Wildman–Crippen MR) is 114 cm³/mol. The van der Waals surface area contributed by atoms with Crippen LogP contribution < -0.4 is 4.90 Å². The number of ether oxygens (including phenoxy) is 2. The van der Waals surface area contributed by atoms with Crippen LogP contribution in [0.3, 0.4) is 0 Å². The summed E-state index contributed by atoms with van der Waals surface area (Å²) in [5.74, 6) is 0. The van der Waals surface area contributed by atoms with Crippen molar-refractivity contribution in [3.63, 3.8) is 0 Å². The molecule has 1 saturated heterocycles. The Hall–Kier alpha value is -3.12. The second-order valence-electron chi connectivity index (χ2n) is 7.75. The lowest BCUT2D eigenvalue weighted by Gasteiger charge is -2.22. The molecule has 1 fully saturated rings. The van der Waals surface area contributed by atoms with Crippen LogP contribution in [0.15, 0.2) is 60.8 Å². The Bertz CT molecular complexity index is 1030. The van der Waals surface area contributed by atoms with Crippen LogP contribution in [-0.4, -0.2) is 29.0 Å². The van der Waals surface area contributed by atoms with Crippen molar-refractivity contribution >= 4 is 11.8 Å². The molecule has 0 bridgehead atoms. The molecule has 2 aliphatic rings. The van der Waals surface area contributed by atoms with E-state index in [1.165, 1.54) is 6.42 Å². The molecule has 3 aromatic rings. The van der Waals surface area contributed by atoms with Crippen LogP contribution in [0.1, 0.15) is 36.6 Å². The first-order valence-corrected chi connectivity index (χ1v) is 10.6. The maximum Gasteiger partial charge on any atom is 0.414 e. The zero-order valence-electron chi connectivity index (χ0n) is 16.9. The minimum Gasteiger partial charge on any atom is -0.444 e. The lowest BCUT2D eigenvalue weighted by atomic mass is 10.0. The number of anilines is 1. The molecular formula is C24H25N3O3. The number of hydrogen-bond acceptors (Lipinski definition) is 4. The molecule has 154 valence electrons. The van der Waals surface area contributed by atoms with Gasteiger partial charge in [0.05, 0.1) is 11.4 Å². The highest BCUT2D eigenvalue weighted by atomic mass is 16.6. The van der Waals surface area contributed by atoms with E-state index < -0.39 is 0 Å². The number of carbonyl (C=O) groups excluding carboxylic acids is 1. The Labute approximate surface area is 176 Å². The van der Waals surface area contributed by atoms with Crippen LogP contribution in [-0.2, 0) is 22.5 Å². The third-order valence-corrected chi connectivity index (χ3v) is 5.79. The highest BCUT2D eigenvalue weighted by molar-refractivity contribution is 5.92. The predicted octanol–water partition coefficient (Wildman–Crippen LogP) is 4.95. The number of amides is 1. The Kier molecular flexibility index (Phi) is 5.24. The molecule has 30 heavy (non-hydrogen) atoms. The molecule has 6 nitrogen and oxygen atoms in total. The van der Waals surface area contributed by atoms with E-state index in [1.807, 2.05) is 59.4 Å². The quantitative estimate of drug-likeness (QED) is 0.619.